The number of halogens is 3. The lowest BCUT2D eigenvalue weighted by Crippen LogP contribution is -2.34. The fourth-order valence-corrected chi connectivity index (χ4v) is 3.17. The molecule has 1 atom stereocenters. The Morgan fingerprint density at radius 1 is 1.29 bits per heavy atom. The van der Waals surface area contributed by atoms with Gasteiger partial charge in [-0.3, -0.25) is 14.6 Å². The van der Waals surface area contributed by atoms with E-state index in [-0.39, 0.29) is 0 Å². The number of aliphatic carboxylic acids is 1. The number of pyridine rings is 1. The molecular weight excluding hydrogens is 415 g/mol. The second-order valence-electron chi connectivity index (χ2n) is 7.58. The van der Waals surface area contributed by atoms with Crippen molar-refractivity contribution in [3.8, 4) is 0 Å². The van der Waals surface area contributed by atoms with Crippen molar-refractivity contribution in [1.29, 1.82) is 0 Å². The van der Waals surface area contributed by atoms with Gasteiger partial charge >= 0.3 is 12.1 Å². The number of aryl methyl sites for hydroxylation is 1. The zero-order valence-corrected chi connectivity index (χ0v) is 17.6. The third-order valence-electron chi connectivity index (χ3n) is 5.06. The summed E-state index contributed by atoms with van der Waals surface area (Å²) in [7, 11) is 0. The van der Waals surface area contributed by atoms with E-state index in [1.54, 1.807) is 6.92 Å². The number of carbonyl (C=O) groups is 1. The molecule has 1 aliphatic rings. The predicted molar refractivity (Wildman–Crippen MR) is 106 cm³/mol. The molecule has 0 amide bonds. The van der Waals surface area contributed by atoms with Crippen molar-refractivity contribution in [3.05, 3.63) is 41.5 Å². The van der Waals surface area contributed by atoms with Crippen LogP contribution in [0.5, 0.6) is 0 Å². The molecular formula is C20H28F3N5O3. The number of rotatable bonds is 6. The van der Waals surface area contributed by atoms with E-state index in [9.17, 15) is 18.3 Å². The van der Waals surface area contributed by atoms with Crippen LogP contribution in [-0.2, 0) is 24.3 Å². The molecule has 2 N–H and O–H groups in total. The molecule has 1 aliphatic heterocycles. The van der Waals surface area contributed by atoms with Gasteiger partial charge in [-0.2, -0.15) is 13.2 Å². The summed E-state index contributed by atoms with van der Waals surface area (Å²) in [4.78, 5) is 15.9. The van der Waals surface area contributed by atoms with Crippen LogP contribution in [-0.4, -0.2) is 60.3 Å². The molecule has 0 bridgehead atoms. The second-order valence-corrected chi connectivity index (χ2v) is 7.58. The molecule has 2 aromatic rings. The number of hydrogen-bond acceptors (Lipinski definition) is 6. The maximum atomic E-state index is 10.6. The van der Waals surface area contributed by atoms with Crippen molar-refractivity contribution >= 4 is 5.97 Å². The van der Waals surface area contributed by atoms with Crippen molar-refractivity contribution in [1.82, 2.24) is 24.9 Å². The van der Waals surface area contributed by atoms with Crippen LogP contribution in [0.1, 0.15) is 49.7 Å². The SMILES string of the molecule is CCc1ccc(CN2CCC(Cn3cc(C(C)O)nn3)CC2)nc1.O=C(O)C(F)(F)F. The van der Waals surface area contributed by atoms with Gasteiger partial charge in [0, 0.05) is 19.3 Å². The number of aliphatic hydroxyl groups excluding tert-OH is 1. The van der Waals surface area contributed by atoms with Gasteiger partial charge in [-0.25, -0.2) is 4.79 Å². The third-order valence-corrected chi connectivity index (χ3v) is 5.06. The van der Waals surface area contributed by atoms with Gasteiger partial charge < -0.3 is 10.2 Å². The molecule has 8 nitrogen and oxygen atoms in total. The van der Waals surface area contributed by atoms with Gasteiger partial charge in [-0.1, -0.05) is 18.2 Å². The summed E-state index contributed by atoms with van der Waals surface area (Å²) >= 11 is 0. The van der Waals surface area contributed by atoms with Crippen LogP contribution >= 0.6 is 0 Å². The highest BCUT2D eigenvalue weighted by Gasteiger charge is 2.38. The molecule has 0 aliphatic carbocycles. The molecule has 1 unspecified atom stereocenters. The molecule has 11 heteroatoms. The summed E-state index contributed by atoms with van der Waals surface area (Å²) in [5.41, 5.74) is 3.10. The zero-order valence-electron chi connectivity index (χ0n) is 17.6. The van der Waals surface area contributed by atoms with E-state index in [4.69, 9.17) is 9.90 Å². The fraction of sp³-hybridized carbons (Fsp3) is 0.600. The Balaban J connectivity index is 0.000000423. The zero-order chi connectivity index (χ0) is 23.0. The lowest BCUT2D eigenvalue weighted by molar-refractivity contribution is -0.192. The van der Waals surface area contributed by atoms with Crippen LogP contribution in [0.3, 0.4) is 0 Å². The number of alkyl halides is 3. The molecule has 172 valence electrons. The minimum Gasteiger partial charge on any atom is -0.475 e. The van der Waals surface area contributed by atoms with Crippen LogP contribution in [0.25, 0.3) is 0 Å². The first kappa shape index (κ1) is 24.7. The number of likely N-dealkylation sites (tertiary alicyclic amines) is 1. The Kier molecular flexibility index (Phi) is 8.93. The molecule has 0 saturated carbocycles. The molecule has 0 spiro atoms. The third kappa shape index (κ3) is 8.25. The van der Waals surface area contributed by atoms with E-state index in [2.05, 4.69) is 39.3 Å². The Hall–Kier alpha value is -2.53. The molecule has 3 rings (SSSR count). The number of nitrogens with zero attached hydrogens (tertiary/aromatic N) is 5. The molecule has 3 heterocycles. The summed E-state index contributed by atoms with van der Waals surface area (Å²) in [6.45, 7) is 7.89. The van der Waals surface area contributed by atoms with Gasteiger partial charge in [0.15, 0.2) is 0 Å². The number of carboxylic acids is 1. The van der Waals surface area contributed by atoms with E-state index in [1.165, 1.54) is 5.56 Å². The van der Waals surface area contributed by atoms with E-state index < -0.39 is 18.2 Å². The van der Waals surface area contributed by atoms with E-state index in [0.717, 1.165) is 51.1 Å². The lowest BCUT2D eigenvalue weighted by Gasteiger charge is -2.31. The van der Waals surface area contributed by atoms with Crippen LogP contribution in [0.2, 0.25) is 0 Å². The highest BCUT2D eigenvalue weighted by atomic mass is 19.4. The van der Waals surface area contributed by atoms with E-state index in [0.29, 0.717) is 11.6 Å². The molecule has 0 radical (unpaired) electrons. The number of aliphatic hydroxyl groups is 1. The lowest BCUT2D eigenvalue weighted by atomic mass is 9.96. The molecule has 2 aromatic heterocycles. The van der Waals surface area contributed by atoms with Gasteiger partial charge in [-0.15, -0.1) is 5.10 Å². The van der Waals surface area contributed by atoms with Crippen LogP contribution in [0.4, 0.5) is 13.2 Å². The molecule has 31 heavy (non-hydrogen) atoms. The maximum absolute atomic E-state index is 10.6. The summed E-state index contributed by atoms with van der Waals surface area (Å²) in [6.07, 6.45) is 1.58. The topological polar surface area (TPSA) is 104 Å². The predicted octanol–water partition coefficient (Wildman–Crippen LogP) is 2.83. The Morgan fingerprint density at radius 3 is 2.39 bits per heavy atom. The van der Waals surface area contributed by atoms with E-state index in [1.807, 2.05) is 17.1 Å². The smallest absolute Gasteiger partial charge is 0.475 e. The first-order valence-electron chi connectivity index (χ1n) is 10.1. The van der Waals surface area contributed by atoms with Gasteiger partial charge in [0.1, 0.15) is 5.69 Å². The standard InChI is InChI=1S/C18H27N5O.C2HF3O2/c1-3-15-4-5-17(19-10-15)12-22-8-6-16(7-9-22)11-23-13-18(14(2)24)20-21-23;3-2(4,5)1(6)7/h4-5,10,13-14,16,24H,3,6-9,11-12H2,1-2H3;(H,6,7). The first-order valence-corrected chi connectivity index (χ1v) is 10.1. The number of hydrogen-bond donors (Lipinski definition) is 2. The van der Waals surface area contributed by atoms with Crippen molar-refractivity contribution in [3.63, 3.8) is 0 Å². The average molecular weight is 443 g/mol. The quantitative estimate of drug-likeness (QED) is 0.707. The van der Waals surface area contributed by atoms with Gasteiger partial charge in [0.2, 0.25) is 0 Å². The van der Waals surface area contributed by atoms with Crippen molar-refractivity contribution < 1.29 is 28.2 Å². The minimum atomic E-state index is -5.08. The number of piperidine rings is 1. The number of carboxylic acid groups (broad SMARTS) is 1. The van der Waals surface area contributed by atoms with Gasteiger partial charge in [0.05, 0.1) is 18.0 Å². The van der Waals surface area contributed by atoms with Gasteiger partial charge in [-0.05, 0) is 56.8 Å². The Labute approximate surface area is 178 Å². The molecule has 1 saturated heterocycles. The largest absolute Gasteiger partial charge is 0.490 e. The Bertz CT molecular complexity index is 816. The summed E-state index contributed by atoms with van der Waals surface area (Å²) in [5.74, 6) is -2.13. The average Bonchev–Trinajstić information content (AvgIpc) is 3.19. The number of aromatic nitrogens is 4. The Morgan fingerprint density at radius 2 is 1.94 bits per heavy atom. The summed E-state index contributed by atoms with van der Waals surface area (Å²) < 4.78 is 33.6. The highest BCUT2D eigenvalue weighted by molar-refractivity contribution is 5.73. The highest BCUT2D eigenvalue weighted by Crippen LogP contribution is 2.20. The normalized spacial score (nSPS) is 16.5. The maximum Gasteiger partial charge on any atom is 0.490 e. The second kappa shape index (κ2) is 11.2. The summed E-state index contributed by atoms with van der Waals surface area (Å²) in [5, 5.41) is 24.8. The fourth-order valence-electron chi connectivity index (χ4n) is 3.17. The van der Waals surface area contributed by atoms with Crippen molar-refractivity contribution in [2.75, 3.05) is 13.1 Å². The monoisotopic (exact) mass is 443 g/mol. The first-order chi connectivity index (χ1) is 14.6. The van der Waals surface area contributed by atoms with Crippen molar-refractivity contribution in [2.24, 2.45) is 5.92 Å². The van der Waals surface area contributed by atoms with Crippen LogP contribution in [0.15, 0.2) is 24.5 Å². The minimum absolute atomic E-state index is 0.549. The van der Waals surface area contributed by atoms with Gasteiger partial charge in [0.25, 0.3) is 0 Å². The molecule has 0 aromatic carbocycles. The van der Waals surface area contributed by atoms with Crippen molar-refractivity contribution in [2.45, 2.75) is 58.5 Å². The van der Waals surface area contributed by atoms with Crippen LogP contribution in [0, 0.1) is 5.92 Å². The van der Waals surface area contributed by atoms with E-state index >= 15 is 0 Å². The molecule has 1 fully saturated rings. The van der Waals surface area contributed by atoms with Crippen LogP contribution < -0.4 is 0 Å². The summed E-state index contributed by atoms with van der Waals surface area (Å²) in [6, 6.07) is 4.33.